The molecule has 7 nitrogen and oxygen atoms in total. The van der Waals surface area contributed by atoms with Gasteiger partial charge in [0.25, 0.3) is 0 Å². The molecular weight excluding hydrogens is 522 g/mol. The molecule has 2 amide bonds. The lowest BCUT2D eigenvalue weighted by atomic mass is 9.66. The van der Waals surface area contributed by atoms with Crippen molar-refractivity contribution in [3.05, 3.63) is 65.5 Å². The fraction of sp³-hybridized carbons (Fsp3) is 0.571. The highest BCUT2D eigenvalue weighted by atomic mass is 16.2. The molecule has 4 fully saturated rings. The number of nitrogens with zero attached hydrogens (tertiary/aromatic N) is 4. The molecule has 0 spiro atoms. The Morgan fingerprint density at radius 3 is 2.29 bits per heavy atom. The van der Waals surface area contributed by atoms with Crippen LogP contribution in [0.2, 0.25) is 0 Å². The van der Waals surface area contributed by atoms with Crippen LogP contribution in [0.5, 0.6) is 0 Å². The molecule has 4 heterocycles. The van der Waals surface area contributed by atoms with E-state index in [0.717, 1.165) is 43.6 Å². The second-order valence-corrected chi connectivity index (χ2v) is 13.8. The number of hydrogen-bond donors (Lipinski definition) is 1. The number of hydrogen-bond acceptors (Lipinski definition) is 4. The Kier molecular flexibility index (Phi) is 6.92. The minimum absolute atomic E-state index is 0.0264. The van der Waals surface area contributed by atoms with Gasteiger partial charge in [0.2, 0.25) is 11.8 Å². The second kappa shape index (κ2) is 10.5. The van der Waals surface area contributed by atoms with Gasteiger partial charge in [0.1, 0.15) is 11.2 Å². The summed E-state index contributed by atoms with van der Waals surface area (Å²) in [5.41, 5.74) is 9.90. The van der Waals surface area contributed by atoms with Crippen molar-refractivity contribution in [2.45, 2.75) is 102 Å². The molecule has 1 saturated carbocycles. The summed E-state index contributed by atoms with van der Waals surface area (Å²) in [6.07, 6.45) is 10.0. The first-order valence-electron chi connectivity index (χ1n) is 16.2. The van der Waals surface area contributed by atoms with E-state index < -0.39 is 11.3 Å². The summed E-state index contributed by atoms with van der Waals surface area (Å²) in [5, 5.41) is 0. The van der Waals surface area contributed by atoms with Crippen LogP contribution in [0.15, 0.2) is 48.5 Å². The zero-order valence-electron chi connectivity index (χ0n) is 25.2. The Labute approximate surface area is 249 Å². The molecule has 7 heteroatoms. The third-order valence-corrected chi connectivity index (χ3v) is 11.6. The largest absolute Gasteiger partial charge is 0.369 e. The zero-order valence-corrected chi connectivity index (χ0v) is 25.2. The molecule has 1 aliphatic carbocycles. The molecule has 4 aliphatic rings. The van der Waals surface area contributed by atoms with Crippen LogP contribution in [0.1, 0.15) is 87.2 Å². The fourth-order valence-corrected chi connectivity index (χ4v) is 8.98. The van der Waals surface area contributed by atoms with Gasteiger partial charge in [-0.15, -0.1) is 0 Å². The average Bonchev–Trinajstić information content (AvgIpc) is 3.41. The van der Waals surface area contributed by atoms with E-state index in [1.807, 2.05) is 4.90 Å². The maximum absolute atomic E-state index is 13.5. The van der Waals surface area contributed by atoms with Gasteiger partial charge in [-0.1, -0.05) is 48.4 Å². The molecule has 222 valence electrons. The lowest BCUT2D eigenvalue weighted by molar-refractivity contribution is -0.156. The molecule has 2 N–H and O–H groups in total. The van der Waals surface area contributed by atoms with Crippen LogP contribution in [0.4, 0.5) is 0 Å². The van der Waals surface area contributed by atoms with Crippen molar-refractivity contribution in [1.82, 2.24) is 19.4 Å². The van der Waals surface area contributed by atoms with E-state index in [-0.39, 0.29) is 11.3 Å². The smallest absolute Gasteiger partial charge is 0.238 e. The minimum atomic E-state index is -0.953. The SMILES string of the molecule is Cc1cccc(C2(CCN3[C@@H]4CC[C@H]3CC(n3c(C)nc5ccccc53)C4)CCN(C(=O)C3(C(N)=O)CCC3)CC2)c1. The molecule has 3 saturated heterocycles. The van der Waals surface area contributed by atoms with Gasteiger partial charge in [0, 0.05) is 31.2 Å². The quantitative estimate of drug-likeness (QED) is 0.386. The van der Waals surface area contributed by atoms with E-state index in [0.29, 0.717) is 44.1 Å². The summed E-state index contributed by atoms with van der Waals surface area (Å²) < 4.78 is 2.51. The first-order valence-corrected chi connectivity index (χ1v) is 16.2. The maximum atomic E-state index is 13.5. The van der Waals surface area contributed by atoms with Crippen molar-refractivity contribution in [1.29, 1.82) is 0 Å². The number of benzene rings is 2. The number of primary amides is 1. The van der Waals surface area contributed by atoms with Crippen LogP contribution in [0.3, 0.4) is 0 Å². The van der Waals surface area contributed by atoms with Crippen molar-refractivity contribution < 1.29 is 9.59 Å². The molecule has 1 unspecified atom stereocenters. The lowest BCUT2D eigenvalue weighted by Crippen LogP contribution is -2.57. The molecule has 2 aromatic carbocycles. The molecule has 3 atom stereocenters. The summed E-state index contributed by atoms with van der Waals surface area (Å²) in [4.78, 5) is 35.4. The van der Waals surface area contributed by atoms with Crippen LogP contribution in [0.25, 0.3) is 11.0 Å². The lowest BCUT2D eigenvalue weighted by Gasteiger charge is -2.48. The normalized spacial score (nSPS) is 26.7. The van der Waals surface area contributed by atoms with Crippen LogP contribution in [-0.2, 0) is 15.0 Å². The predicted molar refractivity (Wildman–Crippen MR) is 165 cm³/mol. The number of carbonyl (C=O) groups excluding carboxylic acids is 2. The molecule has 42 heavy (non-hydrogen) atoms. The number of rotatable bonds is 7. The van der Waals surface area contributed by atoms with E-state index in [1.165, 1.54) is 42.3 Å². The van der Waals surface area contributed by atoms with E-state index in [4.69, 9.17) is 10.7 Å². The van der Waals surface area contributed by atoms with Gasteiger partial charge in [0.05, 0.1) is 11.0 Å². The van der Waals surface area contributed by atoms with E-state index in [1.54, 1.807) is 0 Å². The third kappa shape index (κ3) is 4.47. The monoisotopic (exact) mass is 567 g/mol. The highest BCUT2D eigenvalue weighted by Crippen LogP contribution is 2.47. The fourth-order valence-electron chi connectivity index (χ4n) is 8.98. The number of nitrogens with two attached hydrogens (primary N) is 1. The highest BCUT2D eigenvalue weighted by molar-refractivity contribution is 6.05. The maximum Gasteiger partial charge on any atom is 0.238 e. The third-order valence-electron chi connectivity index (χ3n) is 11.6. The summed E-state index contributed by atoms with van der Waals surface area (Å²) in [5.74, 6) is 0.669. The van der Waals surface area contributed by atoms with Crippen molar-refractivity contribution >= 4 is 22.8 Å². The molecule has 1 aromatic heterocycles. The number of imidazole rings is 1. The van der Waals surface area contributed by atoms with Crippen LogP contribution >= 0.6 is 0 Å². The average molecular weight is 568 g/mol. The summed E-state index contributed by atoms with van der Waals surface area (Å²) in [6, 6.07) is 19.3. The molecule has 2 bridgehead atoms. The van der Waals surface area contributed by atoms with Gasteiger partial charge >= 0.3 is 0 Å². The molecule has 3 aromatic rings. The Hall–Kier alpha value is -3.19. The number of carbonyl (C=O) groups is 2. The topological polar surface area (TPSA) is 84.5 Å². The number of likely N-dealkylation sites (tertiary alicyclic amines) is 1. The predicted octanol–water partition coefficient (Wildman–Crippen LogP) is 5.43. The number of aromatic nitrogens is 2. The van der Waals surface area contributed by atoms with E-state index in [2.05, 4.69) is 71.8 Å². The van der Waals surface area contributed by atoms with Crippen LogP contribution < -0.4 is 5.73 Å². The number of piperidine rings is 2. The van der Waals surface area contributed by atoms with Gasteiger partial charge in [0.15, 0.2) is 0 Å². The van der Waals surface area contributed by atoms with Crippen molar-refractivity contribution in [3.8, 4) is 0 Å². The van der Waals surface area contributed by atoms with Crippen LogP contribution in [-0.4, -0.2) is 62.9 Å². The summed E-state index contributed by atoms with van der Waals surface area (Å²) in [6.45, 7) is 6.83. The Morgan fingerprint density at radius 2 is 1.64 bits per heavy atom. The summed E-state index contributed by atoms with van der Waals surface area (Å²) in [7, 11) is 0. The van der Waals surface area contributed by atoms with Crippen molar-refractivity contribution in [3.63, 3.8) is 0 Å². The summed E-state index contributed by atoms with van der Waals surface area (Å²) >= 11 is 0. The second-order valence-electron chi connectivity index (χ2n) is 13.8. The number of fused-ring (bicyclic) bond motifs is 3. The Balaban J connectivity index is 1.08. The van der Waals surface area contributed by atoms with E-state index >= 15 is 0 Å². The first kappa shape index (κ1) is 27.6. The van der Waals surface area contributed by atoms with Crippen molar-refractivity contribution in [2.75, 3.05) is 19.6 Å². The number of amides is 2. The molecular formula is C35H45N5O2. The van der Waals surface area contributed by atoms with E-state index in [9.17, 15) is 9.59 Å². The van der Waals surface area contributed by atoms with Crippen molar-refractivity contribution in [2.24, 2.45) is 11.1 Å². The van der Waals surface area contributed by atoms with Crippen LogP contribution in [0, 0.1) is 19.3 Å². The highest BCUT2D eigenvalue weighted by Gasteiger charge is 2.52. The van der Waals surface area contributed by atoms with Gasteiger partial charge in [-0.3, -0.25) is 14.5 Å². The number of aryl methyl sites for hydroxylation is 2. The molecule has 0 radical (unpaired) electrons. The number of para-hydroxylation sites is 2. The minimum Gasteiger partial charge on any atom is -0.369 e. The standard InChI is InChI=1S/C35H45N5O2/c1-24-7-5-8-26(21-24)34(15-18-38(19-16-34)33(42)35(32(36)41)13-6-14-35)17-20-39-27-11-12-28(39)23-29(22-27)40-25(2)37-30-9-3-4-10-31(30)40/h3-5,7-10,21,27-29H,6,11-20,22-23H2,1-2H3,(H2,36,41)/t27-,28+,29?. The van der Waals surface area contributed by atoms with Gasteiger partial charge in [-0.25, -0.2) is 4.98 Å². The molecule has 3 aliphatic heterocycles. The van der Waals surface area contributed by atoms with Gasteiger partial charge in [-0.2, -0.15) is 0 Å². The Bertz CT molecular complexity index is 1480. The Morgan fingerprint density at radius 1 is 0.929 bits per heavy atom. The van der Waals surface area contributed by atoms with Gasteiger partial charge in [-0.05, 0) is 101 Å². The first-order chi connectivity index (χ1) is 20.3. The molecule has 7 rings (SSSR count). The van der Waals surface area contributed by atoms with Gasteiger partial charge < -0.3 is 15.2 Å². The zero-order chi connectivity index (χ0) is 29.1.